The Morgan fingerprint density at radius 3 is 2.63 bits per heavy atom. The first kappa shape index (κ1) is 18.6. The number of carbonyl (C=O) groups is 2. The molecule has 2 aromatic carbocycles. The zero-order chi connectivity index (χ0) is 19.2. The predicted molar refractivity (Wildman–Crippen MR) is 104 cm³/mol. The van der Waals surface area contributed by atoms with Gasteiger partial charge in [0.15, 0.2) is 0 Å². The number of para-hydroxylation sites is 2. The Balaban J connectivity index is 1.65. The second-order valence-electron chi connectivity index (χ2n) is 6.35. The van der Waals surface area contributed by atoms with Gasteiger partial charge in [-0.1, -0.05) is 30.3 Å². The minimum atomic E-state index is -0.313. The van der Waals surface area contributed by atoms with Crippen molar-refractivity contribution in [2.75, 3.05) is 13.7 Å². The molecule has 6 heteroatoms. The number of hydrogen-bond donors (Lipinski definition) is 1. The number of aryl methyl sites for hydroxylation is 2. The van der Waals surface area contributed by atoms with Gasteiger partial charge in [0.2, 0.25) is 0 Å². The van der Waals surface area contributed by atoms with E-state index in [1.807, 2.05) is 60.0 Å². The number of aromatic nitrogens is 2. The maximum atomic E-state index is 12.3. The Labute approximate surface area is 158 Å². The minimum Gasteiger partial charge on any atom is -0.468 e. The van der Waals surface area contributed by atoms with Crippen molar-refractivity contribution in [3.05, 3.63) is 65.5 Å². The number of rotatable bonds is 7. The molecule has 140 valence electrons. The summed E-state index contributed by atoms with van der Waals surface area (Å²) >= 11 is 0. The molecule has 1 N–H and O–H groups in total. The number of benzene rings is 2. The molecule has 0 spiro atoms. The van der Waals surface area contributed by atoms with Crippen molar-refractivity contribution in [1.82, 2.24) is 14.9 Å². The van der Waals surface area contributed by atoms with Crippen LogP contribution in [0, 0.1) is 6.92 Å². The number of ether oxygens (including phenoxy) is 1. The standard InChI is InChI=1S/C21H23N3O3/c1-15-8-3-4-9-16(15)21(26)22-13-7-12-19-23-17-10-5-6-11-18(17)24(19)14-20(25)27-2/h3-6,8-11H,7,12-14H2,1-2H3,(H,22,26). The number of carbonyl (C=O) groups excluding carboxylic acids is 2. The smallest absolute Gasteiger partial charge is 0.325 e. The van der Waals surface area contributed by atoms with E-state index in [2.05, 4.69) is 10.3 Å². The quantitative estimate of drug-likeness (QED) is 0.516. The third-order valence-electron chi connectivity index (χ3n) is 4.50. The van der Waals surface area contributed by atoms with Crippen molar-refractivity contribution < 1.29 is 14.3 Å². The first-order valence-electron chi connectivity index (χ1n) is 8.95. The summed E-state index contributed by atoms with van der Waals surface area (Å²) in [6.07, 6.45) is 1.38. The molecule has 0 bridgehead atoms. The molecule has 0 radical (unpaired) electrons. The lowest BCUT2D eigenvalue weighted by atomic mass is 10.1. The zero-order valence-electron chi connectivity index (χ0n) is 15.6. The molecule has 3 rings (SSSR count). The van der Waals surface area contributed by atoms with Crippen LogP contribution in [0.5, 0.6) is 0 Å². The molecule has 0 fully saturated rings. The van der Waals surface area contributed by atoms with Gasteiger partial charge in [-0.25, -0.2) is 4.98 Å². The fourth-order valence-electron chi connectivity index (χ4n) is 3.06. The summed E-state index contributed by atoms with van der Waals surface area (Å²) in [5.41, 5.74) is 3.40. The third kappa shape index (κ3) is 4.34. The predicted octanol–water partition coefficient (Wildman–Crippen LogP) is 2.88. The second kappa shape index (κ2) is 8.49. The van der Waals surface area contributed by atoms with Gasteiger partial charge in [-0.2, -0.15) is 0 Å². The van der Waals surface area contributed by atoms with Gasteiger partial charge in [-0.05, 0) is 37.1 Å². The van der Waals surface area contributed by atoms with Crippen LogP contribution in [0.2, 0.25) is 0 Å². The van der Waals surface area contributed by atoms with Gasteiger partial charge in [0.1, 0.15) is 12.4 Å². The van der Waals surface area contributed by atoms with Gasteiger partial charge >= 0.3 is 5.97 Å². The second-order valence-corrected chi connectivity index (χ2v) is 6.35. The number of esters is 1. The van der Waals surface area contributed by atoms with Crippen molar-refractivity contribution in [3.63, 3.8) is 0 Å². The number of fused-ring (bicyclic) bond motifs is 1. The van der Waals surface area contributed by atoms with Gasteiger partial charge in [0.05, 0.1) is 18.1 Å². The van der Waals surface area contributed by atoms with E-state index < -0.39 is 0 Å². The zero-order valence-corrected chi connectivity index (χ0v) is 15.6. The summed E-state index contributed by atoms with van der Waals surface area (Å²) in [4.78, 5) is 28.7. The van der Waals surface area contributed by atoms with Crippen molar-refractivity contribution in [3.8, 4) is 0 Å². The first-order valence-corrected chi connectivity index (χ1v) is 8.95. The van der Waals surface area contributed by atoms with E-state index in [0.29, 0.717) is 18.5 Å². The van der Waals surface area contributed by atoms with Crippen molar-refractivity contribution in [1.29, 1.82) is 0 Å². The van der Waals surface area contributed by atoms with Crippen molar-refractivity contribution in [2.24, 2.45) is 0 Å². The summed E-state index contributed by atoms with van der Waals surface area (Å²) < 4.78 is 6.68. The fourth-order valence-corrected chi connectivity index (χ4v) is 3.06. The molecule has 6 nitrogen and oxygen atoms in total. The van der Waals surface area contributed by atoms with E-state index in [0.717, 1.165) is 28.8 Å². The van der Waals surface area contributed by atoms with Gasteiger partial charge < -0.3 is 14.6 Å². The molecule has 1 amide bonds. The summed E-state index contributed by atoms with van der Waals surface area (Å²) in [6, 6.07) is 15.2. The lowest BCUT2D eigenvalue weighted by molar-refractivity contribution is -0.141. The van der Waals surface area contributed by atoms with Crippen molar-refractivity contribution in [2.45, 2.75) is 26.3 Å². The number of imidazole rings is 1. The average Bonchev–Trinajstić information content (AvgIpc) is 3.02. The molecule has 27 heavy (non-hydrogen) atoms. The van der Waals surface area contributed by atoms with Crippen LogP contribution in [0.25, 0.3) is 11.0 Å². The number of hydrogen-bond acceptors (Lipinski definition) is 4. The molecule has 0 aliphatic heterocycles. The van der Waals surface area contributed by atoms with Crippen LogP contribution in [-0.2, 0) is 22.5 Å². The highest BCUT2D eigenvalue weighted by atomic mass is 16.5. The highest BCUT2D eigenvalue weighted by Gasteiger charge is 2.14. The number of nitrogens with zero attached hydrogens (tertiary/aromatic N) is 2. The Kier molecular flexibility index (Phi) is 5.86. The van der Waals surface area contributed by atoms with E-state index in [9.17, 15) is 9.59 Å². The molecule has 0 atom stereocenters. The largest absolute Gasteiger partial charge is 0.468 e. The topological polar surface area (TPSA) is 73.2 Å². The Morgan fingerprint density at radius 2 is 1.85 bits per heavy atom. The number of nitrogens with one attached hydrogen (secondary N) is 1. The fraction of sp³-hybridized carbons (Fsp3) is 0.286. The van der Waals surface area contributed by atoms with Crippen LogP contribution < -0.4 is 5.32 Å². The van der Waals surface area contributed by atoms with Gasteiger partial charge in [-0.15, -0.1) is 0 Å². The Hall–Kier alpha value is -3.15. The van der Waals surface area contributed by atoms with Crippen LogP contribution in [0.1, 0.15) is 28.2 Å². The lowest BCUT2D eigenvalue weighted by Gasteiger charge is -2.09. The normalized spacial score (nSPS) is 10.7. The minimum absolute atomic E-state index is 0.0730. The summed E-state index contributed by atoms with van der Waals surface area (Å²) in [6.45, 7) is 2.58. The molecular formula is C21H23N3O3. The Morgan fingerprint density at radius 1 is 1.11 bits per heavy atom. The van der Waals surface area contributed by atoms with Crippen LogP contribution in [-0.4, -0.2) is 35.1 Å². The maximum Gasteiger partial charge on any atom is 0.325 e. The molecule has 0 aliphatic rings. The number of amides is 1. The molecule has 0 saturated carbocycles. The molecule has 0 saturated heterocycles. The van der Waals surface area contributed by atoms with Crippen LogP contribution in [0.4, 0.5) is 0 Å². The van der Waals surface area contributed by atoms with E-state index in [4.69, 9.17) is 4.74 Å². The van der Waals surface area contributed by atoms with Crippen molar-refractivity contribution >= 4 is 22.9 Å². The molecular weight excluding hydrogens is 342 g/mol. The molecule has 0 unspecified atom stereocenters. The summed E-state index contributed by atoms with van der Waals surface area (Å²) in [5.74, 6) is 0.426. The van der Waals surface area contributed by atoms with E-state index in [1.165, 1.54) is 7.11 Å². The van der Waals surface area contributed by atoms with Gasteiger partial charge in [0.25, 0.3) is 5.91 Å². The molecule has 0 aliphatic carbocycles. The van der Waals surface area contributed by atoms with Crippen LogP contribution in [0.3, 0.4) is 0 Å². The van der Waals surface area contributed by atoms with Crippen LogP contribution in [0.15, 0.2) is 48.5 Å². The number of methoxy groups -OCH3 is 1. The lowest BCUT2D eigenvalue weighted by Crippen LogP contribution is -2.25. The summed E-state index contributed by atoms with van der Waals surface area (Å²) in [7, 11) is 1.38. The third-order valence-corrected chi connectivity index (χ3v) is 4.50. The molecule has 1 aromatic heterocycles. The SMILES string of the molecule is COC(=O)Cn1c(CCCNC(=O)c2ccccc2C)nc2ccccc21. The van der Waals surface area contributed by atoms with Gasteiger partial charge in [0, 0.05) is 18.5 Å². The molecule has 1 heterocycles. The maximum absolute atomic E-state index is 12.3. The highest BCUT2D eigenvalue weighted by Crippen LogP contribution is 2.17. The Bertz CT molecular complexity index is 962. The molecule has 3 aromatic rings. The first-order chi connectivity index (χ1) is 13.1. The monoisotopic (exact) mass is 365 g/mol. The van der Waals surface area contributed by atoms with Crippen LogP contribution >= 0.6 is 0 Å². The highest BCUT2D eigenvalue weighted by molar-refractivity contribution is 5.95. The van der Waals surface area contributed by atoms with E-state index in [-0.39, 0.29) is 18.4 Å². The van der Waals surface area contributed by atoms with E-state index in [1.54, 1.807) is 0 Å². The summed E-state index contributed by atoms with van der Waals surface area (Å²) in [5, 5.41) is 2.95. The van der Waals surface area contributed by atoms with Gasteiger partial charge in [-0.3, -0.25) is 9.59 Å². The average molecular weight is 365 g/mol. The van der Waals surface area contributed by atoms with E-state index >= 15 is 0 Å².